The first-order chi connectivity index (χ1) is 14.0. The third-order valence-electron chi connectivity index (χ3n) is 4.83. The van der Waals surface area contributed by atoms with Gasteiger partial charge in [0.05, 0.1) is 22.8 Å². The highest BCUT2D eigenvalue weighted by Gasteiger charge is 2.34. The van der Waals surface area contributed by atoms with Gasteiger partial charge in [0.15, 0.2) is 0 Å². The number of nitrogens with zero attached hydrogens (tertiary/aromatic N) is 3. The molecule has 1 aromatic carbocycles. The van der Waals surface area contributed by atoms with Crippen LogP contribution in [0.15, 0.2) is 71.9 Å². The number of benzene rings is 1. The van der Waals surface area contributed by atoms with Gasteiger partial charge < -0.3 is 4.90 Å². The summed E-state index contributed by atoms with van der Waals surface area (Å²) in [4.78, 5) is 19.0. The highest BCUT2D eigenvalue weighted by Crippen LogP contribution is 2.39. The maximum absolute atomic E-state index is 13.3. The van der Waals surface area contributed by atoms with E-state index in [0.29, 0.717) is 24.4 Å². The Labute approximate surface area is 174 Å². The van der Waals surface area contributed by atoms with Crippen molar-refractivity contribution >= 4 is 27.7 Å². The smallest absolute Gasteiger partial charge is 0.267 e. The molecule has 0 aliphatic carbocycles. The average Bonchev–Trinajstić information content (AvgIpc) is 3.21. The van der Waals surface area contributed by atoms with Crippen LogP contribution in [0.3, 0.4) is 0 Å². The minimum atomic E-state index is -3.76. The van der Waals surface area contributed by atoms with Gasteiger partial charge >= 0.3 is 0 Å². The predicted octanol–water partition coefficient (Wildman–Crippen LogP) is 3.59. The van der Waals surface area contributed by atoms with Crippen molar-refractivity contribution in [3.8, 4) is 0 Å². The van der Waals surface area contributed by atoms with Crippen LogP contribution < -0.4 is 0 Å². The third kappa shape index (κ3) is 3.95. The summed E-state index contributed by atoms with van der Waals surface area (Å²) in [5.41, 5.74) is 2.33. The van der Waals surface area contributed by atoms with E-state index in [0.717, 1.165) is 11.3 Å². The van der Waals surface area contributed by atoms with E-state index in [9.17, 15) is 13.2 Å². The van der Waals surface area contributed by atoms with Crippen LogP contribution in [0.2, 0.25) is 0 Å². The fraction of sp³-hybridized carbons (Fsp3) is 0.238. The maximum Gasteiger partial charge on any atom is 0.267 e. The van der Waals surface area contributed by atoms with Gasteiger partial charge in [0.2, 0.25) is 5.91 Å². The van der Waals surface area contributed by atoms with E-state index in [1.165, 1.54) is 3.97 Å². The van der Waals surface area contributed by atoms with E-state index in [2.05, 4.69) is 4.98 Å². The van der Waals surface area contributed by atoms with Crippen molar-refractivity contribution in [1.82, 2.24) is 13.9 Å². The van der Waals surface area contributed by atoms with Crippen molar-refractivity contribution in [2.24, 2.45) is 0 Å². The molecule has 1 amide bonds. The Morgan fingerprint density at radius 2 is 1.90 bits per heavy atom. The van der Waals surface area contributed by atoms with Crippen molar-refractivity contribution < 1.29 is 13.2 Å². The number of carbonyl (C=O) groups is 1. The second-order valence-electron chi connectivity index (χ2n) is 6.86. The first kappa shape index (κ1) is 19.7. The minimum Gasteiger partial charge on any atom is -0.319 e. The molecule has 3 heterocycles. The third-order valence-corrected chi connectivity index (χ3v) is 7.80. The quantitative estimate of drug-likeness (QED) is 0.622. The zero-order valence-electron chi connectivity index (χ0n) is 15.9. The summed E-state index contributed by atoms with van der Waals surface area (Å²) >= 11 is 1.57. The Bertz CT molecular complexity index is 1110. The lowest BCUT2D eigenvalue weighted by molar-refractivity contribution is -0.132. The lowest BCUT2D eigenvalue weighted by Gasteiger charge is -2.35. The number of thioether (sulfide) groups is 1. The minimum absolute atomic E-state index is 0.000105. The Morgan fingerprint density at radius 1 is 1.10 bits per heavy atom. The van der Waals surface area contributed by atoms with Gasteiger partial charge in [0.1, 0.15) is 5.37 Å². The predicted molar refractivity (Wildman–Crippen MR) is 113 cm³/mol. The summed E-state index contributed by atoms with van der Waals surface area (Å²) in [6.45, 7) is 2.25. The van der Waals surface area contributed by atoms with E-state index in [4.69, 9.17) is 0 Å². The van der Waals surface area contributed by atoms with Gasteiger partial charge in [-0.15, -0.1) is 11.8 Å². The summed E-state index contributed by atoms with van der Waals surface area (Å²) < 4.78 is 27.8. The normalized spacial score (nSPS) is 17.5. The second kappa shape index (κ2) is 8.04. The molecule has 4 rings (SSSR count). The Morgan fingerprint density at radius 3 is 2.62 bits per heavy atom. The molecule has 0 bridgehead atoms. The summed E-state index contributed by atoms with van der Waals surface area (Å²) in [5.74, 6) is 0.651. The van der Waals surface area contributed by atoms with Gasteiger partial charge in [-0.05, 0) is 43.3 Å². The van der Waals surface area contributed by atoms with Crippen LogP contribution >= 0.6 is 11.8 Å². The van der Waals surface area contributed by atoms with Crippen LogP contribution in [0.25, 0.3) is 0 Å². The van der Waals surface area contributed by atoms with Gasteiger partial charge in [-0.3, -0.25) is 9.78 Å². The molecule has 1 unspecified atom stereocenters. The molecule has 150 valence electrons. The van der Waals surface area contributed by atoms with Gasteiger partial charge in [-0.25, -0.2) is 12.4 Å². The zero-order valence-corrected chi connectivity index (χ0v) is 17.6. The molecule has 0 radical (unpaired) electrons. The summed E-state index contributed by atoms with van der Waals surface area (Å²) in [7, 11) is -3.76. The molecule has 0 spiro atoms. The number of carbonyl (C=O) groups excluding carboxylic acids is 1. The SMILES string of the molecule is Cc1ccc(S(=O)(=O)n2cccc2C2SCCC(=O)N2Cc2ccccn2)cc1. The number of aromatic nitrogens is 2. The molecule has 1 fully saturated rings. The van der Waals surface area contributed by atoms with Crippen LogP contribution in [0.1, 0.15) is 28.7 Å². The first-order valence-electron chi connectivity index (χ1n) is 9.27. The van der Waals surface area contributed by atoms with E-state index in [-0.39, 0.29) is 10.8 Å². The van der Waals surface area contributed by atoms with Crippen molar-refractivity contribution in [1.29, 1.82) is 0 Å². The van der Waals surface area contributed by atoms with E-state index in [1.807, 2.05) is 25.1 Å². The van der Waals surface area contributed by atoms with Crippen LogP contribution in [0.4, 0.5) is 0 Å². The maximum atomic E-state index is 13.3. The molecule has 29 heavy (non-hydrogen) atoms. The van der Waals surface area contributed by atoms with E-state index in [1.54, 1.807) is 65.5 Å². The standard InChI is InChI=1S/C21H21N3O3S2/c1-16-7-9-18(10-8-16)29(26,27)24-13-4-6-19(24)21-23(20(25)11-14-28-21)15-17-5-2-3-12-22-17/h2-10,12-13,21H,11,14-15H2,1H3. The zero-order chi connectivity index (χ0) is 20.4. The van der Waals surface area contributed by atoms with Gasteiger partial charge in [0, 0.05) is 24.6 Å². The van der Waals surface area contributed by atoms with Gasteiger partial charge in [0.25, 0.3) is 10.0 Å². The average molecular weight is 428 g/mol. The van der Waals surface area contributed by atoms with Crippen molar-refractivity contribution in [3.05, 3.63) is 83.9 Å². The second-order valence-corrected chi connectivity index (χ2v) is 9.87. The molecule has 1 atom stereocenters. The number of pyridine rings is 1. The van der Waals surface area contributed by atoms with E-state index >= 15 is 0 Å². The summed E-state index contributed by atoms with van der Waals surface area (Å²) in [5, 5.41) is -0.395. The largest absolute Gasteiger partial charge is 0.319 e. The molecular weight excluding hydrogens is 406 g/mol. The molecule has 1 saturated heterocycles. The topological polar surface area (TPSA) is 72.3 Å². The van der Waals surface area contributed by atoms with Crippen molar-refractivity contribution in [2.75, 3.05) is 5.75 Å². The fourth-order valence-electron chi connectivity index (χ4n) is 3.32. The molecule has 6 nitrogen and oxygen atoms in total. The monoisotopic (exact) mass is 427 g/mol. The van der Waals surface area contributed by atoms with Crippen molar-refractivity contribution in [3.63, 3.8) is 0 Å². The Balaban J connectivity index is 1.71. The van der Waals surface area contributed by atoms with Crippen LogP contribution in [-0.2, 0) is 21.4 Å². The number of amides is 1. The molecule has 8 heteroatoms. The van der Waals surface area contributed by atoms with E-state index < -0.39 is 15.4 Å². The first-order valence-corrected chi connectivity index (χ1v) is 11.8. The molecular formula is C21H21N3O3S2. The van der Waals surface area contributed by atoms with Crippen LogP contribution in [0.5, 0.6) is 0 Å². The molecule has 1 aliphatic heterocycles. The molecule has 2 aromatic heterocycles. The molecule has 1 aliphatic rings. The fourth-order valence-corrected chi connectivity index (χ4v) is 6.01. The van der Waals surface area contributed by atoms with Gasteiger partial charge in [-0.2, -0.15) is 0 Å². The Hall–Kier alpha value is -2.58. The molecule has 0 saturated carbocycles. The Kier molecular flexibility index (Phi) is 5.47. The van der Waals surface area contributed by atoms with Crippen molar-refractivity contribution in [2.45, 2.75) is 30.2 Å². The molecule has 3 aromatic rings. The number of hydrogen-bond acceptors (Lipinski definition) is 5. The number of hydrogen-bond donors (Lipinski definition) is 0. The highest BCUT2D eigenvalue weighted by atomic mass is 32.2. The lowest BCUT2D eigenvalue weighted by Crippen LogP contribution is -2.38. The summed E-state index contributed by atoms with van der Waals surface area (Å²) in [6.07, 6.45) is 3.67. The van der Waals surface area contributed by atoms with Crippen LogP contribution in [0, 0.1) is 6.92 Å². The highest BCUT2D eigenvalue weighted by molar-refractivity contribution is 7.99. The number of rotatable bonds is 5. The summed E-state index contributed by atoms with van der Waals surface area (Å²) in [6, 6.07) is 15.8. The molecule has 0 N–H and O–H groups in total. The lowest BCUT2D eigenvalue weighted by atomic mass is 10.2. The van der Waals surface area contributed by atoms with Gasteiger partial charge in [-0.1, -0.05) is 23.8 Å². The van der Waals surface area contributed by atoms with Crippen LogP contribution in [-0.4, -0.2) is 33.9 Å². The number of aryl methyl sites for hydroxylation is 1.